The molecule has 1 atom stereocenters. The van der Waals surface area contributed by atoms with Crippen molar-refractivity contribution in [3.63, 3.8) is 0 Å². The third-order valence-corrected chi connectivity index (χ3v) is 4.15. The SMILES string of the molecule is Cl.Cl.Nc1cccc2c1CCC(NC/C=C/c1ccccc1)C2. The molecule has 3 rings (SSSR count). The third-order valence-electron chi connectivity index (χ3n) is 4.15. The minimum absolute atomic E-state index is 0. The van der Waals surface area contributed by atoms with Gasteiger partial charge in [-0.15, -0.1) is 24.8 Å². The lowest BCUT2D eigenvalue weighted by Gasteiger charge is -2.26. The molecule has 4 heteroatoms. The Bertz CT molecular complexity index is 627. The number of hydrogen-bond acceptors (Lipinski definition) is 2. The van der Waals surface area contributed by atoms with Gasteiger partial charge in [-0.1, -0.05) is 54.6 Å². The maximum atomic E-state index is 6.04. The molecule has 23 heavy (non-hydrogen) atoms. The zero-order valence-corrected chi connectivity index (χ0v) is 14.7. The van der Waals surface area contributed by atoms with E-state index in [-0.39, 0.29) is 24.8 Å². The summed E-state index contributed by atoms with van der Waals surface area (Å²) in [5.74, 6) is 0. The van der Waals surface area contributed by atoms with Crippen LogP contribution in [0.5, 0.6) is 0 Å². The summed E-state index contributed by atoms with van der Waals surface area (Å²) < 4.78 is 0. The Morgan fingerprint density at radius 3 is 2.61 bits per heavy atom. The second-order valence-corrected chi connectivity index (χ2v) is 5.65. The first-order valence-corrected chi connectivity index (χ1v) is 7.64. The second kappa shape index (κ2) is 9.61. The molecule has 2 nitrogen and oxygen atoms in total. The van der Waals surface area contributed by atoms with Gasteiger partial charge >= 0.3 is 0 Å². The zero-order chi connectivity index (χ0) is 14.5. The van der Waals surface area contributed by atoms with Crippen molar-refractivity contribution in [2.75, 3.05) is 12.3 Å². The van der Waals surface area contributed by atoms with E-state index in [1.54, 1.807) is 0 Å². The Morgan fingerprint density at radius 2 is 1.83 bits per heavy atom. The largest absolute Gasteiger partial charge is 0.398 e. The van der Waals surface area contributed by atoms with Gasteiger partial charge in [0.1, 0.15) is 0 Å². The van der Waals surface area contributed by atoms with Gasteiger partial charge in [-0.3, -0.25) is 0 Å². The Kier molecular flexibility index (Phi) is 8.18. The van der Waals surface area contributed by atoms with Crippen LogP contribution in [0, 0.1) is 0 Å². The van der Waals surface area contributed by atoms with Gasteiger partial charge in [0.2, 0.25) is 0 Å². The molecular weight excluding hydrogens is 327 g/mol. The molecule has 0 saturated carbocycles. The van der Waals surface area contributed by atoms with E-state index >= 15 is 0 Å². The summed E-state index contributed by atoms with van der Waals surface area (Å²) >= 11 is 0. The Balaban J connectivity index is 0.00000132. The minimum atomic E-state index is 0. The topological polar surface area (TPSA) is 38.0 Å². The summed E-state index contributed by atoms with van der Waals surface area (Å²) in [6, 6.07) is 17.2. The smallest absolute Gasteiger partial charge is 0.0349 e. The Hall–Kier alpha value is -1.48. The van der Waals surface area contributed by atoms with Crippen molar-refractivity contribution in [2.24, 2.45) is 0 Å². The van der Waals surface area contributed by atoms with Gasteiger partial charge in [-0.2, -0.15) is 0 Å². The fourth-order valence-electron chi connectivity index (χ4n) is 3.00. The van der Waals surface area contributed by atoms with Crippen molar-refractivity contribution in [1.82, 2.24) is 5.32 Å². The van der Waals surface area contributed by atoms with E-state index in [2.05, 4.69) is 53.9 Å². The highest BCUT2D eigenvalue weighted by atomic mass is 35.5. The van der Waals surface area contributed by atoms with Crippen molar-refractivity contribution in [3.8, 4) is 0 Å². The first kappa shape index (κ1) is 19.6. The molecule has 1 aliphatic rings. The molecule has 0 heterocycles. The molecule has 0 spiro atoms. The van der Waals surface area contributed by atoms with Crippen molar-refractivity contribution in [2.45, 2.75) is 25.3 Å². The zero-order valence-electron chi connectivity index (χ0n) is 13.1. The molecule has 0 fully saturated rings. The van der Waals surface area contributed by atoms with Crippen LogP contribution in [-0.4, -0.2) is 12.6 Å². The molecule has 0 amide bonds. The van der Waals surface area contributed by atoms with Crippen LogP contribution >= 0.6 is 24.8 Å². The van der Waals surface area contributed by atoms with Crippen molar-refractivity contribution < 1.29 is 0 Å². The maximum Gasteiger partial charge on any atom is 0.0349 e. The highest BCUT2D eigenvalue weighted by Gasteiger charge is 2.18. The average molecular weight is 351 g/mol. The van der Waals surface area contributed by atoms with Crippen LogP contribution in [0.25, 0.3) is 6.08 Å². The van der Waals surface area contributed by atoms with Crippen LogP contribution in [-0.2, 0) is 12.8 Å². The summed E-state index contributed by atoms with van der Waals surface area (Å²) in [5, 5.41) is 3.62. The molecule has 0 aromatic heterocycles. The standard InChI is InChI=1S/C19H22N2.2ClH/c20-19-10-4-9-16-14-17(11-12-18(16)19)21-13-5-8-15-6-2-1-3-7-15;;/h1-10,17,21H,11-14,20H2;2*1H/b8-5+;;. The van der Waals surface area contributed by atoms with Crippen LogP contribution in [0.3, 0.4) is 0 Å². The van der Waals surface area contributed by atoms with Gasteiger partial charge in [-0.25, -0.2) is 0 Å². The Labute approximate surface area is 151 Å². The van der Waals surface area contributed by atoms with Gasteiger partial charge in [0, 0.05) is 18.3 Å². The number of hydrogen-bond donors (Lipinski definition) is 2. The van der Waals surface area contributed by atoms with Crippen molar-refractivity contribution >= 4 is 36.6 Å². The molecular formula is C19H24Cl2N2. The maximum absolute atomic E-state index is 6.04. The number of benzene rings is 2. The average Bonchev–Trinajstić information content (AvgIpc) is 2.53. The normalized spacial score (nSPS) is 16.3. The molecule has 0 radical (unpaired) electrons. The number of nitrogens with one attached hydrogen (secondary N) is 1. The fraction of sp³-hybridized carbons (Fsp3) is 0.263. The lowest BCUT2D eigenvalue weighted by molar-refractivity contribution is 0.480. The first-order valence-electron chi connectivity index (χ1n) is 7.64. The number of nitrogen functional groups attached to an aromatic ring is 1. The number of halogens is 2. The molecule has 0 aliphatic heterocycles. The number of nitrogens with two attached hydrogens (primary N) is 1. The summed E-state index contributed by atoms with van der Waals surface area (Å²) in [7, 11) is 0. The van der Waals surface area contributed by atoms with E-state index in [0.29, 0.717) is 6.04 Å². The first-order chi connectivity index (χ1) is 10.3. The number of anilines is 1. The van der Waals surface area contributed by atoms with Gasteiger partial charge in [0.15, 0.2) is 0 Å². The Morgan fingerprint density at radius 1 is 1.04 bits per heavy atom. The van der Waals surface area contributed by atoms with E-state index in [0.717, 1.165) is 25.1 Å². The highest BCUT2D eigenvalue weighted by molar-refractivity contribution is 5.85. The van der Waals surface area contributed by atoms with Gasteiger partial charge in [0.25, 0.3) is 0 Å². The molecule has 0 bridgehead atoms. The van der Waals surface area contributed by atoms with E-state index in [1.807, 2.05) is 12.1 Å². The lowest BCUT2D eigenvalue weighted by atomic mass is 9.87. The van der Waals surface area contributed by atoms with Gasteiger partial charge < -0.3 is 11.1 Å². The molecule has 1 aliphatic carbocycles. The number of fused-ring (bicyclic) bond motifs is 1. The predicted molar refractivity (Wildman–Crippen MR) is 105 cm³/mol. The molecule has 1 unspecified atom stereocenters. The molecule has 2 aromatic carbocycles. The fourth-order valence-corrected chi connectivity index (χ4v) is 3.00. The summed E-state index contributed by atoms with van der Waals surface area (Å²) in [4.78, 5) is 0. The van der Waals surface area contributed by atoms with Crippen LogP contribution in [0.1, 0.15) is 23.1 Å². The van der Waals surface area contributed by atoms with E-state index < -0.39 is 0 Å². The monoisotopic (exact) mass is 350 g/mol. The van der Waals surface area contributed by atoms with E-state index in [1.165, 1.54) is 23.1 Å². The molecule has 3 N–H and O–H groups in total. The number of rotatable bonds is 4. The second-order valence-electron chi connectivity index (χ2n) is 5.65. The van der Waals surface area contributed by atoms with Gasteiger partial charge in [-0.05, 0) is 42.0 Å². The highest BCUT2D eigenvalue weighted by Crippen LogP contribution is 2.26. The van der Waals surface area contributed by atoms with Crippen LogP contribution in [0.4, 0.5) is 5.69 Å². The van der Waals surface area contributed by atoms with Crippen molar-refractivity contribution in [1.29, 1.82) is 0 Å². The predicted octanol–water partition coefficient (Wildman–Crippen LogP) is 4.27. The quantitative estimate of drug-likeness (QED) is 0.808. The summed E-state index contributed by atoms with van der Waals surface area (Å²) in [6.45, 7) is 0.914. The van der Waals surface area contributed by atoms with Gasteiger partial charge in [0.05, 0.1) is 0 Å². The minimum Gasteiger partial charge on any atom is -0.398 e. The van der Waals surface area contributed by atoms with Crippen LogP contribution in [0.15, 0.2) is 54.6 Å². The van der Waals surface area contributed by atoms with E-state index in [4.69, 9.17) is 5.73 Å². The van der Waals surface area contributed by atoms with E-state index in [9.17, 15) is 0 Å². The summed E-state index contributed by atoms with van der Waals surface area (Å²) in [5.41, 5.74) is 11.0. The third kappa shape index (κ3) is 5.28. The molecule has 2 aromatic rings. The lowest BCUT2D eigenvalue weighted by Crippen LogP contribution is -2.34. The molecule has 0 saturated heterocycles. The van der Waals surface area contributed by atoms with Crippen LogP contribution in [0.2, 0.25) is 0 Å². The summed E-state index contributed by atoms with van der Waals surface area (Å²) in [6.07, 6.45) is 7.70. The van der Waals surface area contributed by atoms with Crippen molar-refractivity contribution in [3.05, 3.63) is 71.3 Å². The van der Waals surface area contributed by atoms with Crippen LogP contribution < -0.4 is 11.1 Å². The molecule has 124 valence electrons.